The molecular weight excluding hydrogens is 334 g/mol. The van der Waals surface area contributed by atoms with Gasteiger partial charge in [-0.3, -0.25) is 0 Å². The van der Waals surface area contributed by atoms with Gasteiger partial charge in [0.1, 0.15) is 0 Å². The number of nitrogens with zero attached hydrogens (tertiary/aromatic N) is 1. The van der Waals surface area contributed by atoms with Crippen LogP contribution < -0.4 is 10.6 Å². The first-order valence-electron chi connectivity index (χ1n) is 5.29. The third-order valence-electron chi connectivity index (χ3n) is 2.14. The molecule has 0 saturated carbocycles. The highest BCUT2D eigenvalue weighted by atomic mass is 79.9. The first-order valence-corrected chi connectivity index (χ1v) is 7.78. The van der Waals surface area contributed by atoms with Crippen LogP contribution in [0.15, 0.2) is 22.1 Å². The summed E-state index contributed by atoms with van der Waals surface area (Å²) >= 11 is 6.58. The Kier molecular flexibility index (Phi) is 4.73. The van der Waals surface area contributed by atoms with Crippen LogP contribution in [0.3, 0.4) is 0 Å². The number of aryl methyl sites for hydroxylation is 1. The summed E-state index contributed by atoms with van der Waals surface area (Å²) in [5.74, 6) is 0. The van der Waals surface area contributed by atoms with Crippen LogP contribution in [0.4, 0.5) is 4.79 Å². The second-order valence-electron chi connectivity index (χ2n) is 3.61. The number of thiophene rings is 1. The van der Waals surface area contributed by atoms with E-state index >= 15 is 0 Å². The van der Waals surface area contributed by atoms with E-state index in [0.29, 0.717) is 13.1 Å². The Morgan fingerprint density at radius 3 is 2.67 bits per heavy atom. The summed E-state index contributed by atoms with van der Waals surface area (Å²) in [5, 5.41) is 8.62. The second kappa shape index (κ2) is 6.31. The predicted molar refractivity (Wildman–Crippen MR) is 77.9 cm³/mol. The lowest BCUT2D eigenvalue weighted by Crippen LogP contribution is -2.34. The van der Waals surface area contributed by atoms with Gasteiger partial charge in [-0.15, -0.1) is 22.7 Å². The van der Waals surface area contributed by atoms with Crippen LogP contribution in [0.25, 0.3) is 0 Å². The first-order chi connectivity index (χ1) is 8.63. The van der Waals surface area contributed by atoms with Gasteiger partial charge < -0.3 is 10.6 Å². The zero-order valence-corrected chi connectivity index (χ0v) is 12.9. The van der Waals surface area contributed by atoms with Crippen LogP contribution >= 0.6 is 38.6 Å². The number of aromatic nitrogens is 1. The molecule has 7 heteroatoms. The zero-order valence-electron chi connectivity index (χ0n) is 9.70. The molecular formula is C11H12BrN3OS2. The number of carbonyl (C=O) groups is 1. The van der Waals surface area contributed by atoms with Gasteiger partial charge in [-0.2, -0.15) is 0 Å². The molecule has 2 aromatic heterocycles. The third kappa shape index (κ3) is 4.08. The Labute approximate surface area is 122 Å². The number of urea groups is 1. The van der Waals surface area contributed by atoms with Crippen molar-refractivity contribution in [2.24, 2.45) is 0 Å². The molecule has 0 unspecified atom stereocenters. The highest BCUT2D eigenvalue weighted by molar-refractivity contribution is 9.10. The van der Waals surface area contributed by atoms with E-state index in [-0.39, 0.29) is 6.03 Å². The average Bonchev–Trinajstić information content (AvgIpc) is 2.93. The maximum atomic E-state index is 11.6. The number of halogens is 1. The molecule has 18 heavy (non-hydrogen) atoms. The smallest absolute Gasteiger partial charge is 0.315 e. The summed E-state index contributed by atoms with van der Waals surface area (Å²) in [5.41, 5.74) is 0. The van der Waals surface area contributed by atoms with E-state index in [1.54, 1.807) is 28.9 Å². The predicted octanol–water partition coefficient (Wildman–Crippen LogP) is 3.27. The lowest BCUT2D eigenvalue weighted by molar-refractivity contribution is 0.240. The fraction of sp³-hybridized carbons (Fsp3) is 0.273. The highest BCUT2D eigenvalue weighted by Crippen LogP contribution is 2.19. The Hall–Kier alpha value is -0.920. The van der Waals surface area contributed by atoms with Gasteiger partial charge in [-0.05, 0) is 28.9 Å². The molecule has 0 aliphatic carbocycles. The molecule has 2 N–H and O–H groups in total. The van der Waals surface area contributed by atoms with Gasteiger partial charge in [0, 0.05) is 25.8 Å². The summed E-state index contributed by atoms with van der Waals surface area (Å²) in [4.78, 5) is 17.9. The zero-order chi connectivity index (χ0) is 13.0. The molecule has 96 valence electrons. The lowest BCUT2D eigenvalue weighted by Gasteiger charge is -2.04. The molecule has 0 saturated heterocycles. The summed E-state index contributed by atoms with van der Waals surface area (Å²) in [6, 6.07) is 1.84. The number of amides is 2. The van der Waals surface area contributed by atoms with Gasteiger partial charge >= 0.3 is 6.03 Å². The van der Waals surface area contributed by atoms with Crippen LogP contribution in [0.5, 0.6) is 0 Å². The molecule has 2 amide bonds. The number of carbonyl (C=O) groups excluding carboxylic acids is 1. The molecule has 0 fully saturated rings. The second-order valence-corrected chi connectivity index (χ2v) is 6.84. The quantitative estimate of drug-likeness (QED) is 0.893. The largest absolute Gasteiger partial charge is 0.333 e. The van der Waals surface area contributed by atoms with E-state index in [9.17, 15) is 4.79 Å². The van der Waals surface area contributed by atoms with Crippen molar-refractivity contribution in [1.82, 2.24) is 15.6 Å². The maximum Gasteiger partial charge on any atom is 0.315 e. The summed E-state index contributed by atoms with van der Waals surface area (Å²) in [6.45, 7) is 3.01. The SMILES string of the molecule is Cc1ncc(CNC(=O)NCc2cc(Br)cs2)s1. The Bertz CT molecular complexity index is 492. The molecule has 0 aromatic carbocycles. The minimum atomic E-state index is -0.162. The van der Waals surface area contributed by atoms with Crippen LogP contribution in [0.2, 0.25) is 0 Å². The monoisotopic (exact) mass is 345 g/mol. The summed E-state index contributed by atoms with van der Waals surface area (Å²) in [7, 11) is 0. The summed E-state index contributed by atoms with van der Waals surface area (Å²) < 4.78 is 1.05. The van der Waals surface area contributed by atoms with Crippen molar-refractivity contribution in [3.05, 3.63) is 36.9 Å². The van der Waals surface area contributed by atoms with Gasteiger partial charge in [0.05, 0.1) is 18.1 Å². The standard InChI is InChI=1S/C11H12BrN3OS2/c1-7-13-4-10(18-7)5-15-11(16)14-3-9-2-8(12)6-17-9/h2,4,6H,3,5H2,1H3,(H2,14,15,16). The first kappa shape index (κ1) is 13.5. The molecule has 0 aliphatic heterocycles. The average molecular weight is 346 g/mol. The van der Waals surface area contributed by atoms with E-state index < -0.39 is 0 Å². The number of hydrogen-bond donors (Lipinski definition) is 2. The highest BCUT2D eigenvalue weighted by Gasteiger charge is 2.03. The van der Waals surface area contributed by atoms with Crippen molar-refractivity contribution in [3.63, 3.8) is 0 Å². The molecule has 4 nitrogen and oxygen atoms in total. The van der Waals surface area contributed by atoms with Crippen molar-refractivity contribution in [2.45, 2.75) is 20.0 Å². The minimum Gasteiger partial charge on any atom is -0.333 e. The van der Waals surface area contributed by atoms with Gasteiger partial charge in [0.15, 0.2) is 0 Å². The van der Waals surface area contributed by atoms with Gasteiger partial charge in [0.25, 0.3) is 0 Å². The van der Waals surface area contributed by atoms with Gasteiger partial charge in [-0.25, -0.2) is 9.78 Å². The Morgan fingerprint density at radius 1 is 1.39 bits per heavy atom. The Morgan fingerprint density at radius 2 is 2.11 bits per heavy atom. The van der Waals surface area contributed by atoms with Gasteiger partial charge in [0.2, 0.25) is 0 Å². The maximum absolute atomic E-state index is 11.6. The van der Waals surface area contributed by atoms with E-state index in [1.165, 1.54) is 0 Å². The molecule has 2 heterocycles. The number of hydrogen-bond acceptors (Lipinski definition) is 4. The van der Waals surface area contributed by atoms with E-state index in [4.69, 9.17) is 0 Å². The topological polar surface area (TPSA) is 54.0 Å². The molecule has 0 bridgehead atoms. The van der Waals surface area contributed by atoms with Crippen LogP contribution in [-0.4, -0.2) is 11.0 Å². The number of thiazole rings is 1. The minimum absolute atomic E-state index is 0.162. The van der Waals surface area contributed by atoms with E-state index in [2.05, 4.69) is 31.5 Å². The van der Waals surface area contributed by atoms with Crippen LogP contribution in [0, 0.1) is 6.92 Å². The van der Waals surface area contributed by atoms with Crippen molar-refractivity contribution in [1.29, 1.82) is 0 Å². The van der Waals surface area contributed by atoms with Crippen molar-refractivity contribution in [2.75, 3.05) is 0 Å². The van der Waals surface area contributed by atoms with Crippen molar-refractivity contribution < 1.29 is 4.79 Å². The van der Waals surface area contributed by atoms with Crippen molar-refractivity contribution >= 4 is 44.6 Å². The fourth-order valence-corrected chi connectivity index (χ4v) is 3.46. The van der Waals surface area contributed by atoms with Crippen molar-refractivity contribution in [3.8, 4) is 0 Å². The fourth-order valence-electron chi connectivity index (χ4n) is 1.33. The molecule has 0 spiro atoms. The molecule has 2 aromatic rings. The number of nitrogens with one attached hydrogen (secondary N) is 2. The number of rotatable bonds is 4. The van der Waals surface area contributed by atoms with Gasteiger partial charge in [-0.1, -0.05) is 0 Å². The molecule has 0 radical (unpaired) electrons. The third-order valence-corrected chi connectivity index (χ3v) is 4.75. The summed E-state index contributed by atoms with van der Waals surface area (Å²) in [6.07, 6.45) is 1.79. The van der Waals surface area contributed by atoms with E-state index in [0.717, 1.165) is 19.2 Å². The van der Waals surface area contributed by atoms with Crippen LogP contribution in [-0.2, 0) is 13.1 Å². The lowest BCUT2D eigenvalue weighted by atomic mass is 10.4. The van der Waals surface area contributed by atoms with E-state index in [1.807, 2.05) is 18.4 Å². The molecule has 2 rings (SSSR count). The Balaban J connectivity index is 1.72. The van der Waals surface area contributed by atoms with Crippen LogP contribution in [0.1, 0.15) is 14.8 Å². The molecule has 0 aliphatic rings. The molecule has 0 atom stereocenters. The normalized spacial score (nSPS) is 10.3.